The maximum Gasteiger partial charge on any atom is 0.0700 e. The van der Waals surface area contributed by atoms with Crippen LogP contribution in [0, 0.1) is 0 Å². The first kappa shape index (κ1) is 14.1. The van der Waals surface area contributed by atoms with E-state index in [2.05, 4.69) is 15.6 Å². The van der Waals surface area contributed by atoms with Crippen LogP contribution in [-0.4, -0.2) is 55.0 Å². The van der Waals surface area contributed by atoms with E-state index in [-0.39, 0.29) is 0 Å². The zero-order chi connectivity index (χ0) is 12.2. The van der Waals surface area contributed by atoms with Gasteiger partial charge in [-0.1, -0.05) is 5.21 Å². The standard InChI is InChI=1S/C11H22N4O2/c1-16-10-11-17-9-3-5-12-4-2-7-15-8-6-13-14-15/h6,8,12H,2-5,7,9-11H2,1H3. The van der Waals surface area contributed by atoms with Crippen LogP contribution in [0.4, 0.5) is 0 Å². The summed E-state index contributed by atoms with van der Waals surface area (Å²) >= 11 is 0. The quantitative estimate of drug-likeness (QED) is 0.566. The van der Waals surface area contributed by atoms with Crippen LogP contribution in [0.5, 0.6) is 0 Å². The van der Waals surface area contributed by atoms with Gasteiger partial charge in [0, 0.05) is 26.5 Å². The summed E-state index contributed by atoms with van der Waals surface area (Å²) < 4.78 is 12.1. The van der Waals surface area contributed by atoms with E-state index in [4.69, 9.17) is 9.47 Å². The number of hydrogen-bond acceptors (Lipinski definition) is 5. The molecule has 0 aliphatic rings. The van der Waals surface area contributed by atoms with Crippen molar-refractivity contribution >= 4 is 0 Å². The van der Waals surface area contributed by atoms with Crippen LogP contribution >= 0.6 is 0 Å². The van der Waals surface area contributed by atoms with Gasteiger partial charge in [0.1, 0.15) is 0 Å². The SMILES string of the molecule is COCCOCCCNCCCn1ccnn1. The Kier molecular flexibility index (Phi) is 8.44. The second kappa shape index (κ2) is 10.2. The van der Waals surface area contributed by atoms with Crippen molar-refractivity contribution in [3.63, 3.8) is 0 Å². The number of hydrogen-bond donors (Lipinski definition) is 1. The monoisotopic (exact) mass is 242 g/mol. The summed E-state index contributed by atoms with van der Waals surface area (Å²) in [6.07, 6.45) is 5.68. The molecule has 0 spiro atoms. The maximum atomic E-state index is 5.35. The summed E-state index contributed by atoms with van der Waals surface area (Å²) in [7, 11) is 1.68. The van der Waals surface area contributed by atoms with Gasteiger partial charge >= 0.3 is 0 Å². The molecule has 6 heteroatoms. The second-order valence-corrected chi connectivity index (χ2v) is 3.73. The minimum absolute atomic E-state index is 0.672. The van der Waals surface area contributed by atoms with E-state index in [1.165, 1.54) is 0 Å². The Hall–Kier alpha value is -0.980. The van der Waals surface area contributed by atoms with Crippen LogP contribution in [0.3, 0.4) is 0 Å². The summed E-state index contributed by atoms with van der Waals surface area (Å²) in [5.41, 5.74) is 0. The van der Waals surface area contributed by atoms with Crippen LogP contribution in [0.1, 0.15) is 12.8 Å². The fraction of sp³-hybridized carbons (Fsp3) is 0.818. The fourth-order valence-electron chi connectivity index (χ4n) is 1.39. The van der Waals surface area contributed by atoms with Gasteiger partial charge in [-0.2, -0.15) is 0 Å². The molecule has 1 aromatic rings. The molecule has 1 aromatic heterocycles. The molecule has 0 atom stereocenters. The van der Waals surface area contributed by atoms with E-state index >= 15 is 0 Å². The molecule has 0 amide bonds. The molecule has 0 unspecified atom stereocenters. The third-order valence-corrected chi connectivity index (χ3v) is 2.29. The first-order chi connectivity index (χ1) is 8.43. The molecule has 0 radical (unpaired) electrons. The number of methoxy groups -OCH3 is 1. The summed E-state index contributed by atoms with van der Waals surface area (Å²) in [4.78, 5) is 0. The van der Waals surface area contributed by atoms with E-state index in [9.17, 15) is 0 Å². The third kappa shape index (κ3) is 7.84. The Balaban J connectivity index is 1.76. The Morgan fingerprint density at radius 1 is 1.18 bits per heavy atom. The highest BCUT2D eigenvalue weighted by molar-refractivity contribution is 4.63. The van der Waals surface area contributed by atoms with Crippen molar-refractivity contribution < 1.29 is 9.47 Å². The van der Waals surface area contributed by atoms with Gasteiger partial charge in [-0.25, -0.2) is 0 Å². The van der Waals surface area contributed by atoms with Gasteiger partial charge in [0.25, 0.3) is 0 Å². The number of aromatic nitrogens is 3. The molecule has 1 N–H and O–H groups in total. The molecule has 0 aromatic carbocycles. The van der Waals surface area contributed by atoms with Gasteiger partial charge in [-0.05, 0) is 25.9 Å². The molecule has 6 nitrogen and oxygen atoms in total. The smallest absolute Gasteiger partial charge is 0.0700 e. The number of rotatable bonds is 11. The van der Waals surface area contributed by atoms with E-state index < -0.39 is 0 Å². The van der Waals surface area contributed by atoms with Gasteiger partial charge in [0.05, 0.1) is 19.4 Å². The summed E-state index contributed by atoms with van der Waals surface area (Å²) in [6, 6.07) is 0. The first-order valence-electron chi connectivity index (χ1n) is 6.05. The number of aryl methyl sites for hydroxylation is 1. The van der Waals surface area contributed by atoms with Crippen molar-refractivity contribution in [2.45, 2.75) is 19.4 Å². The van der Waals surface area contributed by atoms with Gasteiger partial charge in [0.2, 0.25) is 0 Å². The van der Waals surface area contributed by atoms with Crippen molar-refractivity contribution in [2.24, 2.45) is 0 Å². The molecule has 0 bridgehead atoms. The Labute approximate surface area is 102 Å². The normalized spacial score (nSPS) is 10.9. The number of nitrogens with zero attached hydrogens (tertiary/aromatic N) is 3. The summed E-state index contributed by atoms with van der Waals surface area (Å²) in [5, 5.41) is 11.0. The average Bonchev–Trinajstić information content (AvgIpc) is 2.85. The zero-order valence-electron chi connectivity index (χ0n) is 10.5. The van der Waals surface area contributed by atoms with E-state index in [0.717, 1.165) is 39.1 Å². The summed E-state index contributed by atoms with van der Waals surface area (Å²) in [6.45, 7) is 5.05. The minimum atomic E-state index is 0.672. The Morgan fingerprint density at radius 2 is 2.06 bits per heavy atom. The van der Waals surface area contributed by atoms with E-state index in [1.54, 1.807) is 13.3 Å². The maximum absolute atomic E-state index is 5.35. The van der Waals surface area contributed by atoms with Gasteiger partial charge < -0.3 is 14.8 Å². The third-order valence-electron chi connectivity index (χ3n) is 2.29. The van der Waals surface area contributed by atoms with Crippen LogP contribution in [0.2, 0.25) is 0 Å². The van der Waals surface area contributed by atoms with Crippen molar-refractivity contribution in [3.8, 4) is 0 Å². The molecular weight excluding hydrogens is 220 g/mol. The molecule has 98 valence electrons. The topological polar surface area (TPSA) is 61.2 Å². The molecule has 0 saturated carbocycles. The Morgan fingerprint density at radius 3 is 2.82 bits per heavy atom. The molecule has 0 fully saturated rings. The first-order valence-corrected chi connectivity index (χ1v) is 6.05. The van der Waals surface area contributed by atoms with Crippen LogP contribution < -0.4 is 5.32 Å². The molecule has 1 rings (SSSR count). The molecule has 1 heterocycles. The molecule has 0 aliphatic heterocycles. The average molecular weight is 242 g/mol. The lowest BCUT2D eigenvalue weighted by Crippen LogP contribution is -2.20. The van der Waals surface area contributed by atoms with Crippen molar-refractivity contribution in [1.29, 1.82) is 0 Å². The highest BCUT2D eigenvalue weighted by Crippen LogP contribution is 1.86. The van der Waals surface area contributed by atoms with E-state index in [0.29, 0.717) is 13.2 Å². The van der Waals surface area contributed by atoms with E-state index in [1.807, 2.05) is 10.9 Å². The lowest BCUT2D eigenvalue weighted by Gasteiger charge is -2.05. The highest BCUT2D eigenvalue weighted by atomic mass is 16.5. The van der Waals surface area contributed by atoms with Crippen LogP contribution in [0.25, 0.3) is 0 Å². The van der Waals surface area contributed by atoms with Gasteiger partial charge in [0.15, 0.2) is 0 Å². The fourth-order valence-corrected chi connectivity index (χ4v) is 1.39. The molecule has 0 aliphatic carbocycles. The van der Waals surface area contributed by atoms with Crippen LogP contribution in [-0.2, 0) is 16.0 Å². The highest BCUT2D eigenvalue weighted by Gasteiger charge is 1.92. The van der Waals surface area contributed by atoms with Crippen molar-refractivity contribution in [1.82, 2.24) is 20.3 Å². The summed E-state index contributed by atoms with van der Waals surface area (Å²) in [5.74, 6) is 0. The minimum Gasteiger partial charge on any atom is -0.382 e. The predicted octanol–water partition coefficient (Wildman–Crippen LogP) is 0.311. The van der Waals surface area contributed by atoms with Gasteiger partial charge in [-0.3, -0.25) is 4.68 Å². The van der Waals surface area contributed by atoms with Crippen LogP contribution in [0.15, 0.2) is 12.4 Å². The number of nitrogens with one attached hydrogen (secondary N) is 1. The van der Waals surface area contributed by atoms with Crippen molar-refractivity contribution in [2.75, 3.05) is 40.0 Å². The van der Waals surface area contributed by atoms with Gasteiger partial charge in [-0.15, -0.1) is 5.10 Å². The molecule has 17 heavy (non-hydrogen) atoms. The zero-order valence-corrected chi connectivity index (χ0v) is 10.5. The second-order valence-electron chi connectivity index (χ2n) is 3.73. The molecular formula is C11H22N4O2. The largest absolute Gasteiger partial charge is 0.382 e. The lowest BCUT2D eigenvalue weighted by atomic mass is 10.4. The lowest BCUT2D eigenvalue weighted by molar-refractivity contribution is 0.0695. The van der Waals surface area contributed by atoms with Crippen molar-refractivity contribution in [3.05, 3.63) is 12.4 Å². The predicted molar refractivity (Wildman–Crippen MR) is 64.8 cm³/mol. The molecule has 0 saturated heterocycles. The number of ether oxygens (including phenoxy) is 2. The Bertz CT molecular complexity index is 254.